The minimum Gasteiger partial charge on any atom is -0.496 e. The zero-order valence-corrected chi connectivity index (χ0v) is 22.7. The molecule has 0 heterocycles. The van der Waals surface area contributed by atoms with Crippen molar-refractivity contribution in [3.8, 4) is 28.7 Å². The van der Waals surface area contributed by atoms with E-state index in [1.54, 1.807) is 24.3 Å². The number of methoxy groups -OCH3 is 4. The maximum Gasteiger partial charge on any atom is 0.339 e. The van der Waals surface area contributed by atoms with Crippen LogP contribution in [0.1, 0.15) is 16.7 Å². The maximum absolute atomic E-state index is 12.9. The molecule has 0 fully saturated rings. The molecule has 0 unspecified atom stereocenters. The number of benzene rings is 3. The van der Waals surface area contributed by atoms with E-state index in [0.717, 1.165) is 11.0 Å². The van der Waals surface area contributed by atoms with Crippen molar-refractivity contribution in [2.75, 3.05) is 28.4 Å². The van der Waals surface area contributed by atoms with Crippen LogP contribution in [0, 0.1) is 6.92 Å². The van der Waals surface area contributed by atoms with Crippen LogP contribution in [0.25, 0.3) is 6.08 Å². The normalized spacial score (nSPS) is 11.8. The molecule has 0 bridgehead atoms. The first-order chi connectivity index (χ1) is 17.5. The van der Waals surface area contributed by atoms with E-state index in [4.69, 9.17) is 23.1 Å². The Hall–Kier alpha value is -3.70. The van der Waals surface area contributed by atoms with E-state index in [1.165, 1.54) is 64.8 Å². The van der Waals surface area contributed by atoms with E-state index in [9.17, 15) is 16.8 Å². The van der Waals surface area contributed by atoms with Crippen LogP contribution in [0.4, 0.5) is 0 Å². The highest BCUT2D eigenvalue weighted by Crippen LogP contribution is 2.36. The molecule has 0 saturated carbocycles. The maximum atomic E-state index is 12.9. The second kappa shape index (κ2) is 11.6. The molecule has 0 saturated heterocycles. The van der Waals surface area contributed by atoms with Gasteiger partial charge in [0.1, 0.15) is 22.1 Å². The lowest BCUT2D eigenvalue weighted by Gasteiger charge is -2.13. The summed E-state index contributed by atoms with van der Waals surface area (Å²) in [4.78, 5) is -0.0384. The van der Waals surface area contributed by atoms with Crippen molar-refractivity contribution in [3.63, 3.8) is 0 Å². The van der Waals surface area contributed by atoms with Gasteiger partial charge in [-0.3, -0.25) is 0 Å². The Balaban J connectivity index is 1.89. The van der Waals surface area contributed by atoms with E-state index in [2.05, 4.69) is 0 Å². The minimum absolute atomic E-state index is 0.0384. The zero-order valence-electron chi connectivity index (χ0n) is 21.0. The molecule has 3 rings (SSSR count). The number of hydrogen-bond donors (Lipinski definition) is 0. The van der Waals surface area contributed by atoms with Crippen molar-refractivity contribution >= 4 is 26.0 Å². The summed E-state index contributed by atoms with van der Waals surface area (Å²) in [7, 11) is -2.23. The molecule has 0 N–H and O–H groups in total. The summed E-state index contributed by atoms with van der Waals surface area (Å²) >= 11 is 0. The monoisotopic (exact) mass is 548 g/mol. The third kappa shape index (κ3) is 6.95. The number of hydrogen-bond acceptors (Lipinski definition) is 9. The van der Waals surface area contributed by atoms with E-state index in [0.29, 0.717) is 28.4 Å². The van der Waals surface area contributed by atoms with Crippen molar-refractivity contribution < 1.29 is 40.0 Å². The standard InChI is InChI=1S/C26H28O9S2/c1-18-6-9-21(10-7-18)37(29,30)35-26-14-19(8-11-23(26)32-3)17-36(27,28)13-12-22-24(33-4)15-20(31-2)16-25(22)34-5/h6-16H,17H2,1-5H3/b13-12+. The van der Waals surface area contributed by atoms with Gasteiger partial charge in [0, 0.05) is 17.5 Å². The molecule has 0 aliphatic heterocycles. The molecule has 0 aliphatic rings. The lowest BCUT2D eigenvalue weighted by molar-refractivity contribution is 0.374. The van der Waals surface area contributed by atoms with E-state index in [-0.39, 0.29) is 16.4 Å². The van der Waals surface area contributed by atoms with Gasteiger partial charge in [-0.15, -0.1) is 0 Å². The number of ether oxygens (including phenoxy) is 4. The van der Waals surface area contributed by atoms with E-state index < -0.39 is 25.7 Å². The predicted octanol–water partition coefficient (Wildman–Crippen LogP) is 4.38. The molecule has 37 heavy (non-hydrogen) atoms. The van der Waals surface area contributed by atoms with Gasteiger partial charge in [-0.25, -0.2) is 8.42 Å². The highest BCUT2D eigenvalue weighted by Gasteiger charge is 2.21. The van der Waals surface area contributed by atoms with Gasteiger partial charge in [0.2, 0.25) is 0 Å². The van der Waals surface area contributed by atoms with Crippen molar-refractivity contribution in [1.82, 2.24) is 0 Å². The SMILES string of the molecule is COc1cc(OC)c(/C=C/S(=O)(=O)Cc2ccc(OC)c(OS(=O)(=O)c3ccc(C)cc3)c2)c(OC)c1. The smallest absolute Gasteiger partial charge is 0.339 e. The number of aryl methyl sites for hydroxylation is 1. The first-order valence-corrected chi connectivity index (χ1v) is 14.0. The molecular weight excluding hydrogens is 520 g/mol. The highest BCUT2D eigenvalue weighted by molar-refractivity contribution is 7.93. The summed E-state index contributed by atoms with van der Waals surface area (Å²) in [6.07, 6.45) is 1.37. The van der Waals surface area contributed by atoms with Crippen molar-refractivity contribution in [3.05, 3.63) is 76.7 Å². The van der Waals surface area contributed by atoms with Crippen molar-refractivity contribution in [2.45, 2.75) is 17.6 Å². The van der Waals surface area contributed by atoms with E-state index in [1.807, 2.05) is 6.92 Å². The van der Waals surface area contributed by atoms with Crippen LogP contribution in [-0.2, 0) is 25.7 Å². The van der Waals surface area contributed by atoms with Gasteiger partial charge in [0.25, 0.3) is 0 Å². The second-order valence-electron chi connectivity index (χ2n) is 7.89. The van der Waals surface area contributed by atoms with Gasteiger partial charge in [-0.2, -0.15) is 8.42 Å². The Morgan fingerprint density at radius 1 is 0.703 bits per heavy atom. The fourth-order valence-electron chi connectivity index (χ4n) is 3.40. The molecule has 0 amide bonds. The first-order valence-electron chi connectivity index (χ1n) is 10.9. The van der Waals surface area contributed by atoms with Crippen LogP contribution in [0.2, 0.25) is 0 Å². The third-order valence-electron chi connectivity index (χ3n) is 5.30. The van der Waals surface area contributed by atoms with Crippen LogP contribution in [0.3, 0.4) is 0 Å². The van der Waals surface area contributed by atoms with Gasteiger partial charge in [-0.1, -0.05) is 23.8 Å². The average Bonchev–Trinajstić information content (AvgIpc) is 2.87. The Kier molecular flexibility index (Phi) is 8.72. The van der Waals surface area contributed by atoms with Gasteiger partial charge in [0.05, 0.1) is 39.8 Å². The summed E-state index contributed by atoms with van der Waals surface area (Å²) in [6, 6.07) is 13.7. The van der Waals surface area contributed by atoms with Crippen molar-refractivity contribution in [2.24, 2.45) is 0 Å². The molecule has 0 aliphatic carbocycles. The van der Waals surface area contributed by atoms with Crippen molar-refractivity contribution in [1.29, 1.82) is 0 Å². The lowest BCUT2D eigenvalue weighted by Crippen LogP contribution is -2.11. The quantitative estimate of drug-likeness (QED) is 0.322. The zero-order chi connectivity index (χ0) is 27.2. The highest BCUT2D eigenvalue weighted by atomic mass is 32.2. The number of rotatable bonds is 11. The molecular formula is C26H28O9S2. The third-order valence-corrected chi connectivity index (χ3v) is 7.84. The van der Waals surface area contributed by atoms with Gasteiger partial charge < -0.3 is 23.1 Å². The largest absolute Gasteiger partial charge is 0.496 e. The Bertz CT molecular complexity index is 1470. The minimum atomic E-state index is -4.17. The fraction of sp³-hybridized carbons (Fsp3) is 0.231. The summed E-state index contributed by atoms with van der Waals surface area (Å²) in [5, 5.41) is 1.04. The molecule has 3 aromatic rings. The van der Waals surface area contributed by atoms with Gasteiger partial charge in [0.15, 0.2) is 21.3 Å². The predicted molar refractivity (Wildman–Crippen MR) is 140 cm³/mol. The van der Waals surface area contributed by atoms with Crippen LogP contribution in [-0.4, -0.2) is 45.3 Å². The van der Waals surface area contributed by atoms with Gasteiger partial charge >= 0.3 is 10.1 Å². The Morgan fingerprint density at radius 3 is 1.84 bits per heavy atom. The topological polar surface area (TPSA) is 114 Å². The average molecular weight is 549 g/mol. The van der Waals surface area contributed by atoms with Crippen LogP contribution >= 0.6 is 0 Å². The fourth-order valence-corrected chi connectivity index (χ4v) is 5.41. The Morgan fingerprint density at radius 2 is 1.30 bits per heavy atom. The summed E-state index contributed by atoms with van der Waals surface area (Å²) in [5.41, 5.74) is 1.60. The molecule has 198 valence electrons. The summed E-state index contributed by atoms with van der Waals surface area (Å²) < 4.78 is 77.8. The van der Waals surface area contributed by atoms with E-state index >= 15 is 0 Å². The molecule has 0 aromatic heterocycles. The van der Waals surface area contributed by atoms with Gasteiger partial charge in [-0.05, 0) is 42.8 Å². The molecule has 3 aromatic carbocycles. The molecule has 11 heteroatoms. The first kappa shape index (κ1) is 27.9. The van der Waals surface area contributed by atoms with Crippen LogP contribution < -0.4 is 23.1 Å². The second-order valence-corrected chi connectivity index (χ2v) is 11.3. The summed E-state index contributed by atoms with van der Waals surface area (Å²) in [5.74, 6) is 0.807. The molecule has 0 radical (unpaired) electrons. The van der Waals surface area contributed by atoms with Crippen LogP contribution in [0.5, 0.6) is 28.7 Å². The molecule has 0 spiro atoms. The summed E-state index contributed by atoms with van der Waals surface area (Å²) in [6.45, 7) is 1.83. The molecule has 9 nitrogen and oxygen atoms in total. The molecule has 0 atom stereocenters. The number of sulfone groups is 1. The lowest BCUT2D eigenvalue weighted by atomic mass is 10.1. The Labute approximate surface area is 217 Å². The van der Waals surface area contributed by atoms with Crippen LogP contribution in [0.15, 0.2) is 64.9 Å².